The van der Waals surface area contributed by atoms with Gasteiger partial charge in [-0.05, 0) is 12.8 Å². The minimum Gasteiger partial charge on any atom is -0.351 e. The SMILES string of the molecule is CC(C)(C)C(=O)N1CCC(Nc2ncc(Cl)cn2)CC1. The predicted octanol–water partition coefficient (Wildman–Crippen LogP) is 2.58. The molecule has 1 aromatic rings. The van der Waals surface area contributed by atoms with Crippen molar-refractivity contribution in [2.75, 3.05) is 18.4 Å². The van der Waals surface area contributed by atoms with E-state index in [-0.39, 0.29) is 11.3 Å². The summed E-state index contributed by atoms with van der Waals surface area (Å²) in [4.78, 5) is 22.4. The monoisotopic (exact) mass is 296 g/mol. The quantitative estimate of drug-likeness (QED) is 0.911. The van der Waals surface area contributed by atoms with E-state index in [1.807, 2.05) is 25.7 Å². The Morgan fingerprint density at radius 3 is 2.35 bits per heavy atom. The summed E-state index contributed by atoms with van der Waals surface area (Å²) in [6.45, 7) is 7.44. The van der Waals surface area contributed by atoms with E-state index in [1.54, 1.807) is 12.4 Å². The second kappa shape index (κ2) is 5.95. The van der Waals surface area contributed by atoms with Crippen molar-refractivity contribution >= 4 is 23.5 Å². The first-order valence-corrected chi connectivity index (χ1v) is 7.27. The van der Waals surface area contributed by atoms with Crippen LogP contribution in [0.3, 0.4) is 0 Å². The molecular weight excluding hydrogens is 276 g/mol. The highest BCUT2D eigenvalue weighted by atomic mass is 35.5. The predicted molar refractivity (Wildman–Crippen MR) is 79.7 cm³/mol. The van der Waals surface area contributed by atoms with Gasteiger partial charge in [0.2, 0.25) is 11.9 Å². The number of rotatable bonds is 2. The number of hydrogen-bond donors (Lipinski definition) is 1. The highest BCUT2D eigenvalue weighted by molar-refractivity contribution is 6.30. The van der Waals surface area contributed by atoms with E-state index in [1.165, 1.54) is 0 Å². The number of aromatic nitrogens is 2. The molecule has 20 heavy (non-hydrogen) atoms. The summed E-state index contributed by atoms with van der Waals surface area (Å²) in [7, 11) is 0. The Kier molecular flexibility index (Phi) is 4.48. The number of likely N-dealkylation sites (tertiary alicyclic amines) is 1. The highest BCUT2D eigenvalue weighted by Gasteiger charge is 2.30. The molecule has 1 aliphatic rings. The van der Waals surface area contributed by atoms with Crippen LogP contribution in [-0.2, 0) is 4.79 Å². The maximum absolute atomic E-state index is 12.2. The summed E-state index contributed by atoms with van der Waals surface area (Å²) in [5.74, 6) is 0.814. The molecule has 6 heteroatoms. The van der Waals surface area contributed by atoms with Gasteiger partial charge in [0.1, 0.15) is 0 Å². The molecule has 0 aromatic carbocycles. The minimum atomic E-state index is -0.306. The van der Waals surface area contributed by atoms with Gasteiger partial charge in [0, 0.05) is 24.5 Å². The van der Waals surface area contributed by atoms with E-state index < -0.39 is 0 Å². The van der Waals surface area contributed by atoms with Crippen LogP contribution < -0.4 is 5.32 Å². The topological polar surface area (TPSA) is 58.1 Å². The Morgan fingerprint density at radius 2 is 1.85 bits per heavy atom. The van der Waals surface area contributed by atoms with Crippen LogP contribution in [-0.4, -0.2) is 39.9 Å². The third-order valence-electron chi connectivity index (χ3n) is 3.38. The molecule has 2 heterocycles. The Balaban J connectivity index is 1.85. The van der Waals surface area contributed by atoms with Gasteiger partial charge in [0.05, 0.1) is 17.4 Å². The van der Waals surface area contributed by atoms with Gasteiger partial charge in [0.15, 0.2) is 0 Å². The van der Waals surface area contributed by atoms with Crippen molar-refractivity contribution < 1.29 is 4.79 Å². The molecule has 1 N–H and O–H groups in total. The molecule has 1 fully saturated rings. The number of amides is 1. The molecule has 0 atom stereocenters. The van der Waals surface area contributed by atoms with Crippen LogP contribution in [0.25, 0.3) is 0 Å². The zero-order chi connectivity index (χ0) is 14.8. The molecule has 0 saturated carbocycles. The largest absolute Gasteiger partial charge is 0.351 e. The minimum absolute atomic E-state index is 0.221. The van der Waals surface area contributed by atoms with Crippen LogP contribution in [0.1, 0.15) is 33.6 Å². The average Bonchev–Trinajstić information content (AvgIpc) is 2.40. The van der Waals surface area contributed by atoms with Crippen LogP contribution in [0.2, 0.25) is 5.02 Å². The molecule has 1 saturated heterocycles. The number of nitrogens with one attached hydrogen (secondary N) is 1. The van der Waals surface area contributed by atoms with Gasteiger partial charge >= 0.3 is 0 Å². The Bertz CT molecular complexity index is 461. The molecular formula is C14H21ClN4O. The summed E-state index contributed by atoms with van der Waals surface area (Å²) in [5.41, 5.74) is -0.306. The van der Waals surface area contributed by atoms with E-state index in [2.05, 4.69) is 15.3 Å². The maximum atomic E-state index is 12.2. The van der Waals surface area contributed by atoms with Gasteiger partial charge in [-0.15, -0.1) is 0 Å². The lowest BCUT2D eigenvalue weighted by molar-refractivity contribution is -0.140. The number of carbonyl (C=O) groups is 1. The van der Waals surface area contributed by atoms with Crippen molar-refractivity contribution in [1.29, 1.82) is 0 Å². The number of piperidine rings is 1. The first-order chi connectivity index (χ1) is 9.36. The third-order valence-corrected chi connectivity index (χ3v) is 3.57. The molecule has 5 nitrogen and oxygen atoms in total. The Labute approximate surface area is 124 Å². The fourth-order valence-corrected chi connectivity index (χ4v) is 2.37. The first-order valence-electron chi connectivity index (χ1n) is 6.90. The van der Waals surface area contributed by atoms with Crippen molar-refractivity contribution in [3.63, 3.8) is 0 Å². The van der Waals surface area contributed by atoms with Gasteiger partial charge < -0.3 is 10.2 Å². The Hall–Kier alpha value is -1.36. The number of halogens is 1. The summed E-state index contributed by atoms with van der Waals surface area (Å²) in [6, 6.07) is 0.306. The number of hydrogen-bond acceptors (Lipinski definition) is 4. The normalized spacial score (nSPS) is 17.1. The van der Waals surface area contributed by atoms with E-state index in [0.717, 1.165) is 25.9 Å². The van der Waals surface area contributed by atoms with Crippen LogP contribution in [0.15, 0.2) is 12.4 Å². The average molecular weight is 297 g/mol. The van der Waals surface area contributed by atoms with E-state index in [0.29, 0.717) is 17.0 Å². The second-order valence-corrected chi connectivity index (χ2v) is 6.62. The third kappa shape index (κ3) is 3.82. The summed E-state index contributed by atoms with van der Waals surface area (Å²) < 4.78 is 0. The molecule has 110 valence electrons. The van der Waals surface area contributed by atoms with Crippen LogP contribution in [0.4, 0.5) is 5.95 Å². The number of nitrogens with zero attached hydrogens (tertiary/aromatic N) is 3. The molecule has 1 amide bonds. The zero-order valence-corrected chi connectivity index (χ0v) is 12.9. The lowest BCUT2D eigenvalue weighted by atomic mass is 9.93. The molecule has 1 aromatic heterocycles. The molecule has 0 bridgehead atoms. The molecule has 1 aliphatic heterocycles. The van der Waals surface area contributed by atoms with Gasteiger partial charge in [-0.1, -0.05) is 32.4 Å². The van der Waals surface area contributed by atoms with Crippen molar-refractivity contribution in [2.24, 2.45) is 5.41 Å². The molecule has 0 aliphatic carbocycles. The van der Waals surface area contributed by atoms with Crippen LogP contribution in [0.5, 0.6) is 0 Å². The standard InChI is InChI=1S/C14H21ClN4O/c1-14(2,3)12(20)19-6-4-11(5-7-19)18-13-16-8-10(15)9-17-13/h8-9,11H,4-7H2,1-3H3,(H,16,17,18). The molecule has 2 rings (SSSR count). The fourth-order valence-electron chi connectivity index (χ4n) is 2.27. The van der Waals surface area contributed by atoms with E-state index in [9.17, 15) is 4.79 Å². The summed E-state index contributed by atoms with van der Waals surface area (Å²) in [6.07, 6.45) is 4.98. The summed E-state index contributed by atoms with van der Waals surface area (Å²) >= 11 is 5.75. The van der Waals surface area contributed by atoms with Crippen molar-refractivity contribution in [2.45, 2.75) is 39.7 Å². The maximum Gasteiger partial charge on any atom is 0.227 e. The summed E-state index contributed by atoms with van der Waals surface area (Å²) in [5, 5.41) is 3.82. The molecule has 0 spiro atoms. The van der Waals surface area contributed by atoms with Gasteiger partial charge in [0.25, 0.3) is 0 Å². The van der Waals surface area contributed by atoms with E-state index in [4.69, 9.17) is 11.6 Å². The van der Waals surface area contributed by atoms with Crippen molar-refractivity contribution in [3.8, 4) is 0 Å². The van der Waals surface area contributed by atoms with Gasteiger partial charge in [-0.25, -0.2) is 9.97 Å². The van der Waals surface area contributed by atoms with Gasteiger partial charge in [-0.2, -0.15) is 0 Å². The lowest BCUT2D eigenvalue weighted by Crippen LogP contribution is -2.46. The van der Waals surface area contributed by atoms with Crippen molar-refractivity contribution in [1.82, 2.24) is 14.9 Å². The van der Waals surface area contributed by atoms with Crippen molar-refractivity contribution in [3.05, 3.63) is 17.4 Å². The zero-order valence-electron chi connectivity index (χ0n) is 12.2. The highest BCUT2D eigenvalue weighted by Crippen LogP contribution is 2.22. The smallest absolute Gasteiger partial charge is 0.227 e. The van der Waals surface area contributed by atoms with E-state index >= 15 is 0 Å². The molecule has 0 radical (unpaired) electrons. The second-order valence-electron chi connectivity index (χ2n) is 6.19. The first kappa shape index (κ1) is 15.0. The number of anilines is 1. The van der Waals surface area contributed by atoms with Crippen LogP contribution in [0, 0.1) is 5.41 Å². The lowest BCUT2D eigenvalue weighted by Gasteiger charge is -2.35. The number of carbonyl (C=O) groups excluding carboxylic acids is 1. The fraction of sp³-hybridized carbons (Fsp3) is 0.643. The molecule has 0 unspecified atom stereocenters. The van der Waals surface area contributed by atoms with Crippen LogP contribution >= 0.6 is 11.6 Å². The Morgan fingerprint density at radius 1 is 1.30 bits per heavy atom. The van der Waals surface area contributed by atoms with Gasteiger partial charge in [-0.3, -0.25) is 4.79 Å².